The van der Waals surface area contributed by atoms with E-state index in [2.05, 4.69) is 24.1 Å². The summed E-state index contributed by atoms with van der Waals surface area (Å²) in [7, 11) is 0. The third-order valence-corrected chi connectivity index (χ3v) is 3.49. The second-order valence-electron chi connectivity index (χ2n) is 6.00. The van der Waals surface area contributed by atoms with E-state index < -0.39 is 0 Å². The Morgan fingerprint density at radius 3 is 3.00 bits per heavy atom. The Balaban J connectivity index is 1.80. The molecule has 5 heteroatoms. The van der Waals surface area contributed by atoms with Gasteiger partial charge in [-0.2, -0.15) is 4.98 Å². The van der Waals surface area contributed by atoms with Crippen LogP contribution in [0.25, 0.3) is 0 Å². The summed E-state index contributed by atoms with van der Waals surface area (Å²) in [5.41, 5.74) is 6.47. The summed E-state index contributed by atoms with van der Waals surface area (Å²) in [6, 6.07) is 3.72. The molecule has 1 aromatic heterocycles. The summed E-state index contributed by atoms with van der Waals surface area (Å²) >= 11 is 0. The molecule has 5 nitrogen and oxygen atoms in total. The van der Waals surface area contributed by atoms with Gasteiger partial charge in [0, 0.05) is 13.2 Å². The van der Waals surface area contributed by atoms with Gasteiger partial charge in [0.15, 0.2) is 0 Å². The molecular weight excluding hydrogens is 266 g/mol. The van der Waals surface area contributed by atoms with Crippen molar-refractivity contribution in [1.82, 2.24) is 4.98 Å². The number of aromatic nitrogens is 1. The molecular formula is C16H27N3O2. The van der Waals surface area contributed by atoms with Crippen LogP contribution in [0.4, 0.5) is 11.5 Å². The molecule has 0 aromatic carbocycles. The fraction of sp³-hybridized carbons (Fsp3) is 0.688. The van der Waals surface area contributed by atoms with Crippen LogP contribution in [0.5, 0.6) is 5.88 Å². The predicted molar refractivity (Wildman–Crippen MR) is 85.7 cm³/mol. The summed E-state index contributed by atoms with van der Waals surface area (Å²) in [4.78, 5) is 4.43. The van der Waals surface area contributed by atoms with Crippen molar-refractivity contribution in [2.75, 3.05) is 30.8 Å². The van der Waals surface area contributed by atoms with Crippen LogP contribution in [0.2, 0.25) is 0 Å². The zero-order chi connectivity index (χ0) is 15.1. The van der Waals surface area contributed by atoms with E-state index in [0.29, 0.717) is 30.2 Å². The van der Waals surface area contributed by atoms with E-state index in [1.807, 2.05) is 12.1 Å². The smallest absolute Gasteiger partial charge is 0.239 e. The highest BCUT2D eigenvalue weighted by molar-refractivity contribution is 5.53. The molecule has 118 valence electrons. The minimum absolute atomic E-state index is 0.386. The van der Waals surface area contributed by atoms with Crippen molar-refractivity contribution >= 4 is 11.5 Å². The molecule has 0 amide bonds. The van der Waals surface area contributed by atoms with Gasteiger partial charge in [0.25, 0.3) is 0 Å². The SMILES string of the molecule is CC(C)COc1nc(NCCC2CCCCO2)ccc1N. The first-order valence-corrected chi connectivity index (χ1v) is 7.90. The number of pyridine rings is 1. The first-order valence-electron chi connectivity index (χ1n) is 7.90. The number of ether oxygens (including phenoxy) is 2. The summed E-state index contributed by atoms with van der Waals surface area (Å²) in [6.07, 6.45) is 5.03. The Labute approximate surface area is 127 Å². The number of hydrogen-bond donors (Lipinski definition) is 2. The molecule has 1 saturated heterocycles. The van der Waals surface area contributed by atoms with Gasteiger partial charge in [-0.15, -0.1) is 0 Å². The topological polar surface area (TPSA) is 69.4 Å². The fourth-order valence-corrected chi connectivity index (χ4v) is 2.31. The van der Waals surface area contributed by atoms with Crippen LogP contribution in [0.3, 0.4) is 0 Å². The van der Waals surface area contributed by atoms with Gasteiger partial charge in [-0.1, -0.05) is 13.8 Å². The van der Waals surface area contributed by atoms with Gasteiger partial charge in [0.05, 0.1) is 18.4 Å². The Bertz CT molecular complexity index is 432. The van der Waals surface area contributed by atoms with Crippen molar-refractivity contribution in [2.45, 2.75) is 45.6 Å². The Kier molecular flexibility index (Phi) is 6.11. The van der Waals surface area contributed by atoms with Gasteiger partial charge < -0.3 is 20.5 Å². The number of nitrogens with zero attached hydrogens (tertiary/aromatic N) is 1. The average Bonchev–Trinajstić information content (AvgIpc) is 2.48. The summed E-state index contributed by atoms with van der Waals surface area (Å²) in [5, 5.41) is 3.32. The summed E-state index contributed by atoms with van der Waals surface area (Å²) in [5.74, 6) is 1.77. The number of hydrogen-bond acceptors (Lipinski definition) is 5. The minimum atomic E-state index is 0.386. The maximum atomic E-state index is 5.89. The lowest BCUT2D eigenvalue weighted by Crippen LogP contribution is -2.22. The highest BCUT2D eigenvalue weighted by atomic mass is 16.5. The molecule has 1 atom stereocenters. The molecule has 1 fully saturated rings. The zero-order valence-electron chi connectivity index (χ0n) is 13.1. The van der Waals surface area contributed by atoms with E-state index in [0.717, 1.165) is 25.4 Å². The Morgan fingerprint density at radius 2 is 2.29 bits per heavy atom. The number of nitrogens with one attached hydrogen (secondary N) is 1. The summed E-state index contributed by atoms with van der Waals surface area (Å²) in [6.45, 7) is 6.57. The van der Waals surface area contributed by atoms with Crippen molar-refractivity contribution in [1.29, 1.82) is 0 Å². The number of nitrogens with two attached hydrogens (primary N) is 1. The second-order valence-corrected chi connectivity index (χ2v) is 6.00. The zero-order valence-corrected chi connectivity index (χ0v) is 13.1. The van der Waals surface area contributed by atoms with Crippen LogP contribution in [0.15, 0.2) is 12.1 Å². The van der Waals surface area contributed by atoms with E-state index in [1.165, 1.54) is 19.3 Å². The van der Waals surface area contributed by atoms with Gasteiger partial charge in [-0.3, -0.25) is 0 Å². The van der Waals surface area contributed by atoms with Crippen LogP contribution < -0.4 is 15.8 Å². The number of rotatable bonds is 7. The predicted octanol–water partition coefficient (Wildman–Crippen LogP) is 3.07. The molecule has 0 radical (unpaired) electrons. The molecule has 2 heterocycles. The molecule has 0 bridgehead atoms. The van der Waals surface area contributed by atoms with Crippen molar-refractivity contribution in [2.24, 2.45) is 5.92 Å². The number of nitrogen functional groups attached to an aromatic ring is 1. The number of anilines is 2. The van der Waals surface area contributed by atoms with Crippen LogP contribution in [-0.2, 0) is 4.74 Å². The lowest BCUT2D eigenvalue weighted by atomic mass is 10.1. The maximum absolute atomic E-state index is 5.89. The van der Waals surface area contributed by atoms with E-state index in [1.54, 1.807) is 0 Å². The van der Waals surface area contributed by atoms with Gasteiger partial charge in [-0.05, 0) is 43.7 Å². The molecule has 1 aliphatic rings. The lowest BCUT2D eigenvalue weighted by molar-refractivity contribution is 0.0134. The first kappa shape index (κ1) is 15.9. The average molecular weight is 293 g/mol. The largest absolute Gasteiger partial charge is 0.476 e. The first-order chi connectivity index (χ1) is 10.1. The molecule has 0 aliphatic carbocycles. The fourth-order valence-electron chi connectivity index (χ4n) is 2.31. The highest BCUT2D eigenvalue weighted by Gasteiger charge is 2.13. The molecule has 1 aromatic rings. The van der Waals surface area contributed by atoms with Crippen LogP contribution in [-0.4, -0.2) is 30.8 Å². The van der Waals surface area contributed by atoms with E-state index in [4.69, 9.17) is 15.2 Å². The Morgan fingerprint density at radius 1 is 1.43 bits per heavy atom. The van der Waals surface area contributed by atoms with E-state index >= 15 is 0 Å². The quantitative estimate of drug-likeness (QED) is 0.808. The van der Waals surface area contributed by atoms with Crippen LogP contribution in [0.1, 0.15) is 39.5 Å². The van der Waals surface area contributed by atoms with Crippen molar-refractivity contribution in [3.63, 3.8) is 0 Å². The second kappa shape index (κ2) is 8.08. The molecule has 1 unspecified atom stereocenters. The Hall–Kier alpha value is -1.49. The summed E-state index contributed by atoms with van der Waals surface area (Å²) < 4.78 is 11.4. The monoisotopic (exact) mass is 293 g/mol. The molecule has 2 rings (SSSR count). The molecule has 0 spiro atoms. The van der Waals surface area contributed by atoms with Gasteiger partial charge >= 0.3 is 0 Å². The van der Waals surface area contributed by atoms with Crippen LogP contribution in [0, 0.1) is 5.92 Å². The highest BCUT2D eigenvalue weighted by Crippen LogP contribution is 2.22. The maximum Gasteiger partial charge on any atom is 0.239 e. The van der Waals surface area contributed by atoms with E-state index in [-0.39, 0.29) is 0 Å². The minimum Gasteiger partial charge on any atom is -0.476 e. The molecule has 3 N–H and O–H groups in total. The van der Waals surface area contributed by atoms with Crippen LogP contribution >= 0.6 is 0 Å². The normalized spacial score (nSPS) is 18.7. The standard InChI is InChI=1S/C16H27N3O2/c1-12(2)11-21-16-14(17)6-7-15(19-16)18-9-8-13-5-3-4-10-20-13/h6-7,12-13H,3-5,8-11,17H2,1-2H3,(H,18,19). The van der Waals surface area contributed by atoms with E-state index in [9.17, 15) is 0 Å². The van der Waals surface area contributed by atoms with Gasteiger partial charge in [-0.25, -0.2) is 0 Å². The third-order valence-electron chi connectivity index (χ3n) is 3.49. The molecule has 1 aliphatic heterocycles. The van der Waals surface area contributed by atoms with Gasteiger partial charge in [0.1, 0.15) is 5.82 Å². The van der Waals surface area contributed by atoms with Crippen molar-refractivity contribution in [3.8, 4) is 5.88 Å². The third kappa shape index (κ3) is 5.42. The lowest BCUT2D eigenvalue weighted by Gasteiger charge is -2.22. The molecule has 0 saturated carbocycles. The van der Waals surface area contributed by atoms with Crippen molar-refractivity contribution in [3.05, 3.63) is 12.1 Å². The van der Waals surface area contributed by atoms with Crippen molar-refractivity contribution < 1.29 is 9.47 Å². The molecule has 21 heavy (non-hydrogen) atoms. The van der Waals surface area contributed by atoms with Gasteiger partial charge in [0.2, 0.25) is 5.88 Å².